The number of anilines is 1. The Kier molecular flexibility index (Phi) is 3.13. The van der Waals surface area contributed by atoms with Crippen molar-refractivity contribution < 1.29 is 4.79 Å². The maximum absolute atomic E-state index is 11.4. The lowest BCUT2D eigenvalue weighted by molar-refractivity contribution is -0.118. The molecule has 0 aromatic carbocycles. The summed E-state index contributed by atoms with van der Waals surface area (Å²) in [6.07, 6.45) is 1.67. The van der Waals surface area contributed by atoms with Crippen LogP contribution in [0.2, 0.25) is 0 Å². The van der Waals surface area contributed by atoms with Crippen LogP contribution in [0.3, 0.4) is 0 Å². The lowest BCUT2D eigenvalue weighted by atomic mass is 10.2. The summed E-state index contributed by atoms with van der Waals surface area (Å²) in [6.45, 7) is 3.61. The summed E-state index contributed by atoms with van der Waals surface area (Å²) in [6, 6.07) is 5.49. The summed E-state index contributed by atoms with van der Waals surface area (Å²) in [5.74, 6) is 0.581. The predicted octanol–water partition coefficient (Wildman–Crippen LogP) is 1.46. The van der Waals surface area contributed by atoms with Crippen molar-refractivity contribution in [3.05, 3.63) is 24.4 Å². The van der Waals surface area contributed by atoms with E-state index in [9.17, 15) is 4.79 Å². The molecule has 1 amide bonds. The van der Waals surface area contributed by atoms with Gasteiger partial charge in [-0.2, -0.15) is 4.98 Å². The second-order valence-corrected chi connectivity index (χ2v) is 3.87. The third-order valence-corrected chi connectivity index (χ3v) is 2.15. The van der Waals surface area contributed by atoms with E-state index in [1.54, 1.807) is 6.20 Å². The van der Waals surface area contributed by atoms with Crippen LogP contribution in [0.5, 0.6) is 0 Å². The van der Waals surface area contributed by atoms with Gasteiger partial charge in [-0.25, -0.2) is 0 Å². The minimum atomic E-state index is -0.114. The van der Waals surface area contributed by atoms with Crippen molar-refractivity contribution in [1.29, 1.82) is 0 Å². The molecule has 0 bridgehead atoms. The minimum Gasteiger partial charge on any atom is -0.293 e. The molecule has 0 saturated heterocycles. The number of hydrogen-bond donors (Lipinski definition) is 2. The van der Waals surface area contributed by atoms with E-state index in [1.165, 1.54) is 0 Å². The maximum atomic E-state index is 11.4. The van der Waals surface area contributed by atoms with Crippen LogP contribution in [0, 0.1) is 5.92 Å². The first-order chi connectivity index (χ1) is 8.16. The second kappa shape index (κ2) is 4.73. The fourth-order valence-corrected chi connectivity index (χ4v) is 1.19. The highest BCUT2D eigenvalue weighted by atomic mass is 16.2. The van der Waals surface area contributed by atoms with Gasteiger partial charge in [0.25, 0.3) is 0 Å². The van der Waals surface area contributed by atoms with Gasteiger partial charge >= 0.3 is 0 Å². The number of H-pyrrole nitrogens is 1. The number of carbonyl (C=O) groups is 1. The zero-order valence-electron chi connectivity index (χ0n) is 9.64. The van der Waals surface area contributed by atoms with Crippen molar-refractivity contribution in [3.63, 3.8) is 0 Å². The van der Waals surface area contributed by atoms with Crippen molar-refractivity contribution in [2.45, 2.75) is 13.8 Å². The minimum absolute atomic E-state index is 0.105. The van der Waals surface area contributed by atoms with Gasteiger partial charge in [0.15, 0.2) is 5.82 Å². The molecular weight excluding hydrogens is 218 g/mol. The normalized spacial score (nSPS) is 10.5. The second-order valence-electron chi connectivity index (χ2n) is 3.87. The van der Waals surface area contributed by atoms with Gasteiger partial charge in [0.2, 0.25) is 11.9 Å². The Morgan fingerprint density at radius 1 is 1.41 bits per heavy atom. The quantitative estimate of drug-likeness (QED) is 0.837. The molecule has 0 spiro atoms. The summed E-state index contributed by atoms with van der Waals surface area (Å²) >= 11 is 0. The molecule has 0 atom stereocenters. The lowest BCUT2D eigenvalue weighted by Gasteiger charge is -2.02. The van der Waals surface area contributed by atoms with E-state index >= 15 is 0 Å². The van der Waals surface area contributed by atoms with Gasteiger partial charge in [-0.05, 0) is 12.1 Å². The van der Waals surface area contributed by atoms with Gasteiger partial charge in [0.1, 0.15) is 5.69 Å². The van der Waals surface area contributed by atoms with Gasteiger partial charge in [-0.15, -0.1) is 5.10 Å². The molecule has 6 heteroatoms. The van der Waals surface area contributed by atoms with E-state index < -0.39 is 0 Å². The maximum Gasteiger partial charge on any atom is 0.249 e. The van der Waals surface area contributed by atoms with Crippen LogP contribution in [-0.2, 0) is 4.79 Å². The Balaban J connectivity index is 2.14. The number of aromatic nitrogens is 4. The molecule has 0 aliphatic rings. The van der Waals surface area contributed by atoms with Crippen LogP contribution in [-0.4, -0.2) is 26.1 Å². The average molecular weight is 231 g/mol. The molecule has 2 aromatic rings. The van der Waals surface area contributed by atoms with Crippen molar-refractivity contribution >= 4 is 11.9 Å². The van der Waals surface area contributed by atoms with E-state index in [1.807, 2.05) is 32.0 Å². The molecule has 2 rings (SSSR count). The van der Waals surface area contributed by atoms with Gasteiger partial charge in [0, 0.05) is 12.1 Å². The Morgan fingerprint density at radius 3 is 2.88 bits per heavy atom. The van der Waals surface area contributed by atoms with Gasteiger partial charge in [-0.3, -0.25) is 20.2 Å². The van der Waals surface area contributed by atoms with Gasteiger partial charge in [-0.1, -0.05) is 19.9 Å². The number of aromatic amines is 1. The lowest BCUT2D eigenvalue weighted by Crippen LogP contribution is -2.18. The van der Waals surface area contributed by atoms with E-state index in [4.69, 9.17) is 0 Å². The van der Waals surface area contributed by atoms with Crippen LogP contribution < -0.4 is 5.32 Å². The SMILES string of the molecule is CC(C)C(=O)Nc1n[nH]c(-c2ccccn2)n1. The Bertz CT molecular complexity index is 506. The smallest absolute Gasteiger partial charge is 0.249 e. The topological polar surface area (TPSA) is 83.6 Å². The van der Waals surface area contributed by atoms with Crippen LogP contribution in [0.25, 0.3) is 11.5 Å². The zero-order chi connectivity index (χ0) is 12.3. The molecule has 0 saturated carbocycles. The predicted molar refractivity (Wildman–Crippen MR) is 63.1 cm³/mol. The van der Waals surface area contributed by atoms with Gasteiger partial charge < -0.3 is 0 Å². The Hall–Kier alpha value is -2.24. The molecule has 88 valence electrons. The number of pyridine rings is 1. The molecular formula is C11H13N5O. The fourth-order valence-electron chi connectivity index (χ4n) is 1.19. The Labute approximate surface area is 98.5 Å². The highest BCUT2D eigenvalue weighted by Crippen LogP contribution is 2.12. The largest absolute Gasteiger partial charge is 0.293 e. The first kappa shape index (κ1) is 11.3. The third kappa shape index (κ3) is 2.66. The molecule has 0 aliphatic heterocycles. The van der Waals surface area contributed by atoms with Crippen molar-refractivity contribution in [1.82, 2.24) is 20.2 Å². The summed E-state index contributed by atoms with van der Waals surface area (Å²) in [7, 11) is 0. The summed E-state index contributed by atoms with van der Waals surface area (Å²) < 4.78 is 0. The Morgan fingerprint density at radius 2 is 2.24 bits per heavy atom. The van der Waals surface area contributed by atoms with Crippen LogP contribution >= 0.6 is 0 Å². The number of amides is 1. The molecule has 0 unspecified atom stereocenters. The van der Waals surface area contributed by atoms with E-state index in [2.05, 4.69) is 25.5 Å². The molecule has 2 heterocycles. The highest BCUT2D eigenvalue weighted by molar-refractivity contribution is 5.90. The van der Waals surface area contributed by atoms with E-state index in [0.29, 0.717) is 11.5 Å². The molecule has 2 N–H and O–H groups in total. The van der Waals surface area contributed by atoms with E-state index in [0.717, 1.165) is 0 Å². The third-order valence-electron chi connectivity index (χ3n) is 2.15. The zero-order valence-corrected chi connectivity index (χ0v) is 9.64. The number of hydrogen-bond acceptors (Lipinski definition) is 4. The molecule has 0 radical (unpaired) electrons. The van der Waals surface area contributed by atoms with Crippen molar-refractivity contribution in [3.8, 4) is 11.5 Å². The van der Waals surface area contributed by atoms with Crippen LogP contribution in [0.4, 0.5) is 5.95 Å². The number of nitrogens with one attached hydrogen (secondary N) is 2. The molecule has 0 fully saturated rings. The fraction of sp³-hybridized carbons (Fsp3) is 0.273. The number of rotatable bonds is 3. The average Bonchev–Trinajstić information content (AvgIpc) is 2.78. The molecule has 6 nitrogen and oxygen atoms in total. The first-order valence-corrected chi connectivity index (χ1v) is 5.31. The molecule has 0 aliphatic carbocycles. The monoisotopic (exact) mass is 231 g/mol. The van der Waals surface area contributed by atoms with Crippen molar-refractivity contribution in [2.24, 2.45) is 5.92 Å². The first-order valence-electron chi connectivity index (χ1n) is 5.31. The molecule has 17 heavy (non-hydrogen) atoms. The summed E-state index contributed by atoms with van der Waals surface area (Å²) in [5, 5.41) is 9.25. The van der Waals surface area contributed by atoms with Crippen molar-refractivity contribution in [2.75, 3.05) is 5.32 Å². The standard InChI is InChI=1S/C11H13N5O/c1-7(2)10(17)14-11-13-9(15-16-11)8-5-3-4-6-12-8/h3-7H,1-2H3,(H2,13,14,15,16,17). The van der Waals surface area contributed by atoms with Crippen LogP contribution in [0.15, 0.2) is 24.4 Å². The highest BCUT2D eigenvalue weighted by Gasteiger charge is 2.11. The van der Waals surface area contributed by atoms with Gasteiger partial charge in [0.05, 0.1) is 0 Å². The molecule has 2 aromatic heterocycles. The van der Waals surface area contributed by atoms with Crippen LogP contribution in [0.1, 0.15) is 13.8 Å². The summed E-state index contributed by atoms with van der Waals surface area (Å²) in [5.41, 5.74) is 0.685. The number of nitrogens with zero attached hydrogens (tertiary/aromatic N) is 3. The number of carbonyl (C=O) groups excluding carboxylic acids is 1. The van der Waals surface area contributed by atoms with E-state index in [-0.39, 0.29) is 17.8 Å². The summed E-state index contributed by atoms with van der Waals surface area (Å²) in [4.78, 5) is 19.7.